The summed E-state index contributed by atoms with van der Waals surface area (Å²) in [5.74, 6) is -0.284. The summed E-state index contributed by atoms with van der Waals surface area (Å²) in [6.45, 7) is 3.22. The number of aryl methyl sites for hydroxylation is 1. The third kappa shape index (κ3) is 4.92. The van der Waals surface area contributed by atoms with E-state index in [0.29, 0.717) is 17.6 Å². The second-order valence-corrected chi connectivity index (χ2v) is 9.77. The lowest BCUT2D eigenvalue weighted by atomic mass is 9.97. The summed E-state index contributed by atoms with van der Waals surface area (Å²) in [7, 11) is -3.58. The third-order valence-corrected chi connectivity index (χ3v) is 6.82. The van der Waals surface area contributed by atoms with Crippen molar-refractivity contribution in [1.29, 1.82) is 0 Å². The number of hydrogen-bond acceptors (Lipinski definition) is 4. The van der Waals surface area contributed by atoms with Crippen LogP contribution in [0.5, 0.6) is 5.75 Å². The molecule has 0 aromatic heterocycles. The van der Waals surface area contributed by atoms with Crippen molar-refractivity contribution in [2.75, 3.05) is 19.6 Å². The van der Waals surface area contributed by atoms with Gasteiger partial charge in [0.25, 0.3) is 5.91 Å². The molecule has 8 heteroatoms. The van der Waals surface area contributed by atoms with Crippen molar-refractivity contribution < 1.29 is 18.3 Å². The molecule has 2 aromatic rings. The van der Waals surface area contributed by atoms with Crippen LogP contribution in [0, 0.1) is 12.8 Å². The van der Waals surface area contributed by atoms with Crippen molar-refractivity contribution >= 4 is 31.9 Å². The van der Waals surface area contributed by atoms with Crippen LogP contribution >= 0.6 is 15.9 Å². The van der Waals surface area contributed by atoms with Gasteiger partial charge in [0.05, 0.1) is 10.5 Å². The van der Waals surface area contributed by atoms with Gasteiger partial charge >= 0.3 is 0 Å². The number of likely N-dealkylation sites (tertiary alicyclic amines) is 1. The number of halogens is 1. The van der Waals surface area contributed by atoms with Crippen molar-refractivity contribution in [3.63, 3.8) is 0 Å². The van der Waals surface area contributed by atoms with E-state index in [9.17, 15) is 18.3 Å². The normalized spacial score (nSPS) is 17.5. The fraction of sp³-hybridized carbons (Fsp3) is 0.350. The van der Waals surface area contributed by atoms with E-state index in [-0.39, 0.29) is 34.6 Å². The van der Waals surface area contributed by atoms with Crippen LogP contribution in [0.3, 0.4) is 0 Å². The van der Waals surface area contributed by atoms with E-state index in [1.807, 2.05) is 6.92 Å². The summed E-state index contributed by atoms with van der Waals surface area (Å²) in [4.78, 5) is 14.7. The molecule has 1 amide bonds. The zero-order chi connectivity index (χ0) is 20.3. The average molecular weight is 467 g/mol. The monoisotopic (exact) mass is 466 g/mol. The molecule has 6 nitrogen and oxygen atoms in total. The fourth-order valence-corrected chi connectivity index (χ4v) is 4.77. The van der Waals surface area contributed by atoms with E-state index >= 15 is 0 Å². The molecule has 0 spiro atoms. The number of rotatable bonds is 5. The van der Waals surface area contributed by atoms with Gasteiger partial charge in [0, 0.05) is 24.1 Å². The third-order valence-electron chi connectivity index (χ3n) is 4.89. The van der Waals surface area contributed by atoms with Crippen LogP contribution in [0.15, 0.2) is 51.8 Å². The first-order valence-corrected chi connectivity index (χ1v) is 11.4. The van der Waals surface area contributed by atoms with Gasteiger partial charge in [-0.3, -0.25) is 4.79 Å². The van der Waals surface area contributed by atoms with Crippen LogP contribution in [0.1, 0.15) is 28.8 Å². The Morgan fingerprint density at radius 2 is 1.96 bits per heavy atom. The maximum atomic E-state index is 12.7. The predicted octanol–water partition coefficient (Wildman–Crippen LogP) is 3.29. The first-order valence-electron chi connectivity index (χ1n) is 9.10. The fourth-order valence-electron chi connectivity index (χ4n) is 3.30. The van der Waals surface area contributed by atoms with Crippen LogP contribution in [0.2, 0.25) is 0 Å². The summed E-state index contributed by atoms with van der Waals surface area (Å²) in [6, 6.07) is 11.5. The molecule has 28 heavy (non-hydrogen) atoms. The molecule has 0 radical (unpaired) electrons. The van der Waals surface area contributed by atoms with E-state index < -0.39 is 10.0 Å². The summed E-state index contributed by atoms with van der Waals surface area (Å²) < 4.78 is 28.3. The van der Waals surface area contributed by atoms with E-state index in [4.69, 9.17) is 0 Å². The molecule has 1 saturated heterocycles. The minimum absolute atomic E-state index is 0.0236. The van der Waals surface area contributed by atoms with Gasteiger partial charge in [-0.15, -0.1) is 0 Å². The largest absolute Gasteiger partial charge is 0.507 e. The van der Waals surface area contributed by atoms with Crippen molar-refractivity contribution in [2.24, 2.45) is 5.92 Å². The molecule has 1 unspecified atom stereocenters. The highest BCUT2D eigenvalue weighted by Gasteiger charge is 2.27. The predicted molar refractivity (Wildman–Crippen MR) is 111 cm³/mol. The van der Waals surface area contributed by atoms with Gasteiger partial charge in [-0.25, -0.2) is 13.1 Å². The zero-order valence-corrected chi connectivity index (χ0v) is 18.0. The second-order valence-electron chi connectivity index (χ2n) is 7.09. The van der Waals surface area contributed by atoms with Crippen molar-refractivity contribution in [1.82, 2.24) is 9.62 Å². The van der Waals surface area contributed by atoms with Crippen molar-refractivity contribution in [3.05, 3.63) is 58.1 Å². The molecular weight excluding hydrogens is 444 g/mol. The van der Waals surface area contributed by atoms with Crippen LogP contribution in [-0.2, 0) is 10.0 Å². The number of sulfonamides is 1. The molecule has 0 saturated carbocycles. The lowest BCUT2D eigenvalue weighted by Crippen LogP contribution is -2.43. The molecule has 2 aromatic carbocycles. The molecule has 3 rings (SSSR count). The van der Waals surface area contributed by atoms with Gasteiger partial charge < -0.3 is 10.0 Å². The van der Waals surface area contributed by atoms with Crippen molar-refractivity contribution in [3.8, 4) is 5.75 Å². The first kappa shape index (κ1) is 20.8. The second kappa shape index (κ2) is 8.63. The number of nitrogens with one attached hydrogen (secondary N) is 1. The SMILES string of the molecule is Cc1ccc(S(=O)(=O)NCC2CCCN(C(=O)c3ccc(Br)cc3O)C2)cc1. The molecule has 1 aliphatic rings. The number of piperidine rings is 1. The van der Waals surface area contributed by atoms with Crippen LogP contribution in [0.25, 0.3) is 0 Å². The topological polar surface area (TPSA) is 86.7 Å². The van der Waals surface area contributed by atoms with Gasteiger partial charge in [-0.2, -0.15) is 0 Å². The molecule has 1 heterocycles. The average Bonchev–Trinajstić information content (AvgIpc) is 2.67. The Bertz CT molecular complexity index is 961. The Kier molecular flexibility index (Phi) is 6.42. The molecule has 150 valence electrons. The zero-order valence-electron chi connectivity index (χ0n) is 15.6. The summed E-state index contributed by atoms with van der Waals surface area (Å²) in [6.07, 6.45) is 1.63. The van der Waals surface area contributed by atoms with E-state index in [1.165, 1.54) is 6.07 Å². The molecule has 0 aliphatic carbocycles. The number of phenolic OH excluding ortho intramolecular Hbond substituents is 1. The van der Waals surface area contributed by atoms with Crippen LogP contribution in [0.4, 0.5) is 0 Å². The Hall–Kier alpha value is -1.90. The number of phenols is 1. The van der Waals surface area contributed by atoms with Crippen LogP contribution < -0.4 is 4.72 Å². The van der Waals surface area contributed by atoms with Gasteiger partial charge in [0.2, 0.25) is 10.0 Å². The van der Waals surface area contributed by atoms with E-state index in [0.717, 1.165) is 18.4 Å². The highest BCUT2D eigenvalue weighted by molar-refractivity contribution is 9.10. The van der Waals surface area contributed by atoms with Gasteiger partial charge in [-0.05, 0) is 56.0 Å². The summed E-state index contributed by atoms with van der Waals surface area (Å²) in [5.41, 5.74) is 1.25. The van der Waals surface area contributed by atoms with Crippen LogP contribution in [-0.4, -0.2) is 44.0 Å². The smallest absolute Gasteiger partial charge is 0.257 e. The number of carbonyl (C=O) groups excluding carboxylic acids is 1. The molecule has 2 N–H and O–H groups in total. The minimum Gasteiger partial charge on any atom is -0.507 e. The van der Waals surface area contributed by atoms with Gasteiger partial charge in [0.15, 0.2) is 0 Å². The van der Waals surface area contributed by atoms with Crippen molar-refractivity contribution in [2.45, 2.75) is 24.7 Å². The number of amides is 1. The number of benzene rings is 2. The molecule has 1 aliphatic heterocycles. The molecule has 1 atom stereocenters. The minimum atomic E-state index is -3.58. The standard InChI is InChI=1S/C20H23BrN2O4S/c1-14-4-7-17(8-5-14)28(26,27)22-12-15-3-2-10-23(13-15)20(25)18-9-6-16(21)11-19(18)24/h4-9,11,15,22,24H,2-3,10,12-13H2,1H3. The molecule has 1 fully saturated rings. The maximum Gasteiger partial charge on any atom is 0.257 e. The highest BCUT2D eigenvalue weighted by Crippen LogP contribution is 2.26. The first-order chi connectivity index (χ1) is 13.3. The Morgan fingerprint density at radius 3 is 2.64 bits per heavy atom. The van der Waals surface area contributed by atoms with E-state index in [1.54, 1.807) is 41.3 Å². The quantitative estimate of drug-likeness (QED) is 0.707. The lowest BCUT2D eigenvalue weighted by Gasteiger charge is -2.33. The lowest BCUT2D eigenvalue weighted by molar-refractivity contribution is 0.0673. The summed E-state index contributed by atoms with van der Waals surface area (Å²) in [5, 5.41) is 10.0. The Balaban J connectivity index is 1.63. The number of aromatic hydroxyl groups is 1. The number of nitrogens with zero attached hydrogens (tertiary/aromatic N) is 1. The Morgan fingerprint density at radius 1 is 1.25 bits per heavy atom. The summed E-state index contributed by atoms with van der Waals surface area (Å²) >= 11 is 3.26. The highest BCUT2D eigenvalue weighted by atomic mass is 79.9. The molecular formula is C20H23BrN2O4S. The number of hydrogen-bond donors (Lipinski definition) is 2. The van der Waals surface area contributed by atoms with Gasteiger partial charge in [-0.1, -0.05) is 33.6 Å². The maximum absolute atomic E-state index is 12.7. The Labute approximate surface area is 173 Å². The molecule has 0 bridgehead atoms. The van der Waals surface area contributed by atoms with E-state index in [2.05, 4.69) is 20.7 Å². The number of carbonyl (C=O) groups is 1. The van der Waals surface area contributed by atoms with Gasteiger partial charge in [0.1, 0.15) is 5.75 Å².